The van der Waals surface area contributed by atoms with Gasteiger partial charge in [0.05, 0.1) is 0 Å². The number of amides is 1. The predicted molar refractivity (Wildman–Crippen MR) is 134 cm³/mol. The molecule has 0 saturated carbocycles. The molecule has 168 valence electrons. The molecule has 0 aromatic heterocycles. The molecule has 2 heterocycles. The average molecular weight is 527 g/mol. The fraction of sp³-hybridized carbons (Fsp3) is 0.652. The van der Waals surface area contributed by atoms with Crippen LogP contribution < -0.4 is 5.32 Å². The van der Waals surface area contributed by atoms with Crippen LogP contribution in [0.2, 0.25) is 0 Å². The Balaban J connectivity index is 0.00000320. The van der Waals surface area contributed by atoms with Crippen LogP contribution in [0.4, 0.5) is 0 Å². The van der Waals surface area contributed by atoms with Crippen molar-refractivity contribution in [2.45, 2.75) is 46.2 Å². The lowest BCUT2D eigenvalue weighted by molar-refractivity contribution is -0.131. The number of carbonyl (C=O) groups excluding carboxylic acids is 1. The van der Waals surface area contributed by atoms with Gasteiger partial charge in [0.25, 0.3) is 0 Å². The van der Waals surface area contributed by atoms with E-state index in [0.717, 1.165) is 58.2 Å². The van der Waals surface area contributed by atoms with E-state index < -0.39 is 0 Å². The van der Waals surface area contributed by atoms with E-state index in [9.17, 15) is 4.79 Å². The number of halogens is 1. The summed E-state index contributed by atoms with van der Waals surface area (Å²) >= 11 is 0. The SMILES string of the molecule is CCN(CC)CC1CCN(C(=NC)NCCCC(=O)N2Cc3ccccc3C2)C1.I. The van der Waals surface area contributed by atoms with Crippen LogP contribution in [-0.2, 0) is 17.9 Å². The van der Waals surface area contributed by atoms with Gasteiger partial charge in [-0.15, -0.1) is 24.0 Å². The molecule has 7 heteroatoms. The number of rotatable bonds is 8. The van der Waals surface area contributed by atoms with Gasteiger partial charge in [0.1, 0.15) is 0 Å². The monoisotopic (exact) mass is 527 g/mol. The van der Waals surface area contributed by atoms with Crippen molar-refractivity contribution in [2.75, 3.05) is 46.3 Å². The minimum Gasteiger partial charge on any atom is -0.356 e. The first-order chi connectivity index (χ1) is 14.1. The zero-order valence-corrected chi connectivity index (χ0v) is 21.1. The third-order valence-corrected chi connectivity index (χ3v) is 6.25. The predicted octanol–water partition coefficient (Wildman–Crippen LogP) is 3.17. The second-order valence-corrected chi connectivity index (χ2v) is 8.18. The Morgan fingerprint density at radius 1 is 1.17 bits per heavy atom. The van der Waals surface area contributed by atoms with Gasteiger partial charge in [-0.05, 0) is 43.0 Å². The van der Waals surface area contributed by atoms with Gasteiger partial charge in [0.15, 0.2) is 5.96 Å². The number of benzene rings is 1. The summed E-state index contributed by atoms with van der Waals surface area (Å²) in [5.74, 6) is 1.94. The third kappa shape index (κ3) is 6.57. The van der Waals surface area contributed by atoms with E-state index in [0.29, 0.717) is 12.3 Å². The summed E-state index contributed by atoms with van der Waals surface area (Å²) in [6, 6.07) is 8.34. The molecule has 1 unspecified atom stereocenters. The summed E-state index contributed by atoms with van der Waals surface area (Å²) in [5, 5.41) is 3.47. The van der Waals surface area contributed by atoms with Gasteiger partial charge < -0.3 is 20.0 Å². The van der Waals surface area contributed by atoms with Gasteiger partial charge in [0.2, 0.25) is 5.91 Å². The van der Waals surface area contributed by atoms with Crippen molar-refractivity contribution in [3.63, 3.8) is 0 Å². The van der Waals surface area contributed by atoms with Crippen LogP contribution in [0, 0.1) is 5.92 Å². The molecule has 1 aromatic carbocycles. The van der Waals surface area contributed by atoms with Crippen LogP contribution in [-0.4, -0.2) is 72.9 Å². The van der Waals surface area contributed by atoms with E-state index in [2.05, 4.69) is 46.1 Å². The van der Waals surface area contributed by atoms with E-state index in [1.165, 1.54) is 24.1 Å². The van der Waals surface area contributed by atoms with Gasteiger partial charge >= 0.3 is 0 Å². The molecule has 1 aromatic rings. The van der Waals surface area contributed by atoms with Gasteiger partial charge in [-0.2, -0.15) is 0 Å². The summed E-state index contributed by atoms with van der Waals surface area (Å²) in [7, 11) is 1.85. The Hall–Kier alpha value is -1.35. The molecule has 2 aliphatic rings. The molecule has 0 radical (unpaired) electrons. The maximum atomic E-state index is 12.5. The molecule has 0 aliphatic carbocycles. The lowest BCUT2D eigenvalue weighted by Crippen LogP contribution is -2.41. The Labute approximate surface area is 199 Å². The Morgan fingerprint density at radius 3 is 2.43 bits per heavy atom. The Morgan fingerprint density at radius 2 is 1.83 bits per heavy atom. The van der Waals surface area contributed by atoms with E-state index in [1.807, 2.05) is 24.1 Å². The van der Waals surface area contributed by atoms with E-state index in [1.54, 1.807) is 0 Å². The number of aliphatic imine (C=N–C) groups is 1. The Bertz CT molecular complexity index is 682. The molecular formula is C23H38IN5O. The van der Waals surface area contributed by atoms with E-state index in [-0.39, 0.29) is 29.9 Å². The topological polar surface area (TPSA) is 51.2 Å². The molecule has 1 N–H and O–H groups in total. The highest BCUT2D eigenvalue weighted by Crippen LogP contribution is 2.23. The number of guanidine groups is 1. The van der Waals surface area contributed by atoms with Crippen LogP contribution in [0.1, 0.15) is 44.2 Å². The van der Waals surface area contributed by atoms with Gasteiger partial charge in [-0.3, -0.25) is 9.79 Å². The molecule has 1 atom stereocenters. The summed E-state index contributed by atoms with van der Waals surface area (Å²) < 4.78 is 0. The quantitative estimate of drug-likeness (QED) is 0.244. The Kier molecular flexibility index (Phi) is 10.4. The molecule has 1 fully saturated rings. The molecule has 2 aliphatic heterocycles. The first-order valence-corrected chi connectivity index (χ1v) is 11.2. The van der Waals surface area contributed by atoms with Crippen LogP contribution in [0.5, 0.6) is 0 Å². The number of carbonyl (C=O) groups is 1. The van der Waals surface area contributed by atoms with Gasteiger partial charge in [-0.25, -0.2) is 0 Å². The zero-order valence-electron chi connectivity index (χ0n) is 18.8. The molecule has 6 nitrogen and oxygen atoms in total. The fourth-order valence-corrected chi connectivity index (χ4v) is 4.46. The normalized spacial score (nSPS) is 18.5. The summed E-state index contributed by atoms with van der Waals surface area (Å²) in [6.45, 7) is 12.3. The van der Waals surface area contributed by atoms with Crippen LogP contribution in [0.15, 0.2) is 29.3 Å². The average Bonchev–Trinajstić information content (AvgIpc) is 3.39. The first-order valence-electron chi connectivity index (χ1n) is 11.2. The number of nitrogens with one attached hydrogen (secondary N) is 1. The number of hydrogen-bond acceptors (Lipinski definition) is 3. The summed E-state index contributed by atoms with van der Waals surface area (Å²) in [4.78, 5) is 23.9. The maximum Gasteiger partial charge on any atom is 0.223 e. The van der Waals surface area contributed by atoms with Crippen molar-refractivity contribution in [1.29, 1.82) is 0 Å². The van der Waals surface area contributed by atoms with Crippen molar-refractivity contribution in [2.24, 2.45) is 10.9 Å². The second-order valence-electron chi connectivity index (χ2n) is 8.18. The molecule has 0 spiro atoms. The highest BCUT2D eigenvalue weighted by molar-refractivity contribution is 14.0. The highest BCUT2D eigenvalue weighted by Gasteiger charge is 2.26. The van der Waals surface area contributed by atoms with Gasteiger partial charge in [0, 0.05) is 52.7 Å². The van der Waals surface area contributed by atoms with Crippen molar-refractivity contribution >= 4 is 35.8 Å². The second kappa shape index (κ2) is 12.5. The minimum atomic E-state index is 0. The van der Waals surface area contributed by atoms with Crippen LogP contribution in [0.3, 0.4) is 0 Å². The maximum absolute atomic E-state index is 12.5. The van der Waals surface area contributed by atoms with Crippen LogP contribution >= 0.6 is 24.0 Å². The number of nitrogens with zero attached hydrogens (tertiary/aromatic N) is 4. The zero-order chi connectivity index (χ0) is 20.6. The molecule has 1 saturated heterocycles. The standard InChI is InChI=1S/C23H37N5O.HI/c1-4-26(5-2)15-19-12-14-27(16-19)23(24-3)25-13-8-11-22(29)28-17-20-9-6-7-10-21(20)18-28;/h6-7,9-10,19H,4-5,8,11-18H2,1-3H3,(H,24,25);1H. The summed E-state index contributed by atoms with van der Waals surface area (Å²) in [6.07, 6.45) is 2.65. The fourth-order valence-electron chi connectivity index (χ4n) is 4.46. The molecule has 1 amide bonds. The minimum absolute atomic E-state index is 0. The number of hydrogen-bond donors (Lipinski definition) is 1. The van der Waals surface area contributed by atoms with Crippen molar-refractivity contribution in [3.8, 4) is 0 Å². The molecular weight excluding hydrogens is 489 g/mol. The first kappa shape index (κ1) is 24.9. The molecule has 3 rings (SSSR count). The molecule has 30 heavy (non-hydrogen) atoms. The largest absolute Gasteiger partial charge is 0.356 e. The lowest BCUT2D eigenvalue weighted by Gasteiger charge is -2.24. The van der Waals surface area contributed by atoms with Crippen molar-refractivity contribution in [1.82, 2.24) is 20.0 Å². The van der Waals surface area contributed by atoms with Crippen molar-refractivity contribution in [3.05, 3.63) is 35.4 Å². The highest BCUT2D eigenvalue weighted by atomic mass is 127. The van der Waals surface area contributed by atoms with Crippen molar-refractivity contribution < 1.29 is 4.79 Å². The number of fused-ring (bicyclic) bond motifs is 1. The number of likely N-dealkylation sites (tertiary alicyclic amines) is 1. The third-order valence-electron chi connectivity index (χ3n) is 6.25. The lowest BCUT2D eigenvalue weighted by atomic mass is 10.1. The smallest absolute Gasteiger partial charge is 0.223 e. The summed E-state index contributed by atoms with van der Waals surface area (Å²) in [5.41, 5.74) is 2.57. The van der Waals surface area contributed by atoms with Gasteiger partial charge in [-0.1, -0.05) is 38.1 Å². The van der Waals surface area contributed by atoms with E-state index in [4.69, 9.17) is 0 Å². The molecule has 0 bridgehead atoms. The van der Waals surface area contributed by atoms with E-state index >= 15 is 0 Å². The van der Waals surface area contributed by atoms with Crippen LogP contribution in [0.25, 0.3) is 0 Å².